The average molecular weight is 218 g/mol. The molecule has 3 rings (SSSR count). The molecule has 0 aromatic carbocycles. The van der Waals surface area contributed by atoms with Crippen molar-refractivity contribution in [2.75, 3.05) is 13.1 Å². The van der Waals surface area contributed by atoms with Crippen LogP contribution in [0.1, 0.15) is 24.5 Å². The highest BCUT2D eigenvalue weighted by Crippen LogP contribution is 2.24. The lowest BCUT2D eigenvalue weighted by molar-refractivity contribution is 0.424. The van der Waals surface area contributed by atoms with Gasteiger partial charge in [-0.05, 0) is 19.4 Å². The molecule has 3 heterocycles. The topological polar surface area (TPSA) is 62.5 Å². The van der Waals surface area contributed by atoms with Crippen LogP contribution >= 0.6 is 0 Å². The lowest BCUT2D eigenvalue weighted by atomic mass is 9.96. The van der Waals surface area contributed by atoms with Crippen LogP contribution in [0.4, 0.5) is 0 Å². The van der Waals surface area contributed by atoms with Crippen molar-refractivity contribution in [3.8, 4) is 5.88 Å². The van der Waals surface area contributed by atoms with Crippen LogP contribution in [0.25, 0.3) is 5.65 Å². The van der Waals surface area contributed by atoms with E-state index >= 15 is 0 Å². The molecule has 0 aliphatic carbocycles. The molecule has 5 nitrogen and oxygen atoms in total. The summed E-state index contributed by atoms with van der Waals surface area (Å²) < 4.78 is 1.44. The maximum Gasteiger partial charge on any atom is 0.215 e. The van der Waals surface area contributed by atoms with Crippen LogP contribution in [-0.2, 0) is 0 Å². The summed E-state index contributed by atoms with van der Waals surface area (Å²) in [7, 11) is 0. The number of aromatic hydroxyl groups is 1. The van der Waals surface area contributed by atoms with Gasteiger partial charge in [0.15, 0.2) is 5.65 Å². The molecular formula is C11H14N4O. The molecule has 1 atom stereocenters. The van der Waals surface area contributed by atoms with Gasteiger partial charge < -0.3 is 10.4 Å². The molecule has 5 heteroatoms. The number of nitrogens with zero attached hydrogens (tertiary/aromatic N) is 3. The molecule has 1 aliphatic rings. The van der Waals surface area contributed by atoms with E-state index in [0.717, 1.165) is 31.6 Å². The Labute approximate surface area is 93.1 Å². The number of aromatic nitrogens is 3. The van der Waals surface area contributed by atoms with E-state index in [4.69, 9.17) is 0 Å². The third kappa shape index (κ3) is 1.53. The summed E-state index contributed by atoms with van der Waals surface area (Å²) in [6, 6.07) is 3.52. The van der Waals surface area contributed by atoms with E-state index in [0.29, 0.717) is 11.6 Å². The molecule has 16 heavy (non-hydrogen) atoms. The first kappa shape index (κ1) is 9.59. The van der Waals surface area contributed by atoms with Gasteiger partial charge in [-0.25, -0.2) is 4.98 Å². The standard InChI is InChI=1S/C11H14N4O/c16-11-6-9(8-2-1-4-12-7-8)14-10-3-5-13-15(10)11/h3,5-6,8,12,16H,1-2,4,7H2. The van der Waals surface area contributed by atoms with E-state index in [9.17, 15) is 5.11 Å². The molecule has 1 fully saturated rings. The minimum atomic E-state index is 0.163. The van der Waals surface area contributed by atoms with Crippen LogP contribution < -0.4 is 5.32 Å². The molecule has 1 unspecified atom stereocenters. The monoisotopic (exact) mass is 218 g/mol. The fourth-order valence-corrected chi connectivity index (χ4v) is 2.23. The number of hydrogen-bond donors (Lipinski definition) is 2. The summed E-state index contributed by atoms with van der Waals surface area (Å²) in [6.07, 6.45) is 3.94. The van der Waals surface area contributed by atoms with Crippen molar-refractivity contribution in [1.29, 1.82) is 0 Å². The van der Waals surface area contributed by atoms with Crippen molar-refractivity contribution < 1.29 is 5.11 Å². The molecule has 0 saturated carbocycles. The third-order valence-corrected chi connectivity index (χ3v) is 3.08. The SMILES string of the molecule is Oc1cc(C2CCCNC2)nc2ccnn12. The van der Waals surface area contributed by atoms with Crippen molar-refractivity contribution >= 4 is 5.65 Å². The Kier molecular flexibility index (Phi) is 2.25. The van der Waals surface area contributed by atoms with E-state index in [1.165, 1.54) is 4.52 Å². The predicted octanol–water partition coefficient (Wildman–Crippen LogP) is 0.902. The highest BCUT2D eigenvalue weighted by atomic mass is 16.3. The van der Waals surface area contributed by atoms with Gasteiger partial charge in [-0.1, -0.05) is 0 Å². The summed E-state index contributed by atoms with van der Waals surface area (Å²) in [6.45, 7) is 2.02. The van der Waals surface area contributed by atoms with Crippen molar-refractivity contribution in [2.24, 2.45) is 0 Å². The van der Waals surface area contributed by atoms with Crippen LogP contribution in [0.3, 0.4) is 0 Å². The summed E-state index contributed by atoms with van der Waals surface area (Å²) in [5.74, 6) is 0.565. The smallest absolute Gasteiger partial charge is 0.215 e. The third-order valence-electron chi connectivity index (χ3n) is 3.08. The molecule has 1 saturated heterocycles. The van der Waals surface area contributed by atoms with Gasteiger partial charge in [0.05, 0.1) is 11.9 Å². The lowest BCUT2D eigenvalue weighted by Gasteiger charge is -2.22. The van der Waals surface area contributed by atoms with Crippen molar-refractivity contribution in [2.45, 2.75) is 18.8 Å². The van der Waals surface area contributed by atoms with E-state index in [-0.39, 0.29) is 5.88 Å². The highest BCUT2D eigenvalue weighted by Gasteiger charge is 2.18. The van der Waals surface area contributed by atoms with Crippen molar-refractivity contribution in [3.63, 3.8) is 0 Å². The molecule has 2 aromatic rings. The maximum absolute atomic E-state index is 9.81. The molecule has 0 bridgehead atoms. The Hall–Kier alpha value is -1.62. The second kappa shape index (κ2) is 3.75. The normalized spacial score (nSPS) is 21.4. The lowest BCUT2D eigenvalue weighted by Crippen LogP contribution is -2.28. The first-order valence-corrected chi connectivity index (χ1v) is 5.59. The quantitative estimate of drug-likeness (QED) is 0.746. The Balaban J connectivity index is 2.02. The predicted molar refractivity (Wildman–Crippen MR) is 59.5 cm³/mol. The number of piperidine rings is 1. The van der Waals surface area contributed by atoms with Crippen molar-refractivity contribution in [1.82, 2.24) is 19.9 Å². The minimum absolute atomic E-state index is 0.163. The summed E-state index contributed by atoms with van der Waals surface area (Å²) in [5.41, 5.74) is 1.67. The molecule has 2 aromatic heterocycles. The second-order valence-electron chi connectivity index (χ2n) is 4.18. The van der Waals surface area contributed by atoms with Crippen LogP contribution in [-0.4, -0.2) is 32.8 Å². The highest BCUT2D eigenvalue weighted by molar-refractivity contribution is 5.41. The Morgan fingerprint density at radius 2 is 2.44 bits per heavy atom. The van der Waals surface area contributed by atoms with Gasteiger partial charge in [0.2, 0.25) is 5.88 Å². The maximum atomic E-state index is 9.81. The number of nitrogens with one attached hydrogen (secondary N) is 1. The van der Waals surface area contributed by atoms with Crippen LogP contribution in [0, 0.1) is 0 Å². The first-order valence-electron chi connectivity index (χ1n) is 5.59. The minimum Gasteiger partial charge on any atom is -0.493 e. The molecular weight excluding hydrogens is 204 g/mol. The van der Waals surface area contributed by atoms with Crippen molar-refractivity contribution in [3.05, 3.63) is 24.0 Å². The van der Waals surface area contributed by atoms with Gasteiger partial charge in [-0.3, -0.25) is 0 Å². The van der Waals surface area contributed by atoms with Gasteiger partial charge in [0.25, 0.3) is 0 Å². The molecule has 0 radical (unpaired) electrons. The Bertz CT molecular complexity index is 502. The van der Waals surface area contributed by atoms with Crippen LogP contribution in [0.5, 0.6) is 5.88 Å². The summed E-state index contributed by atoms with van der Waals surface area (Å²) in [5, 5.41) is 17.2. The number of hydrogen-bond acceptors (Lipinski definition) is 4. The Morgan fingerprint density at radius 1 is 1.50 bits per heavy atom. The number of fused-ring (bicyclic) bond motifs is 1. The summed E-state index contributed by atoms with van der Waals surface area (Å²) >= 11 is 0. The van der Waals surface area contributed by atoms with E-state index in [1.54, 1.807) is 18.3 Å². The summed E-state index contributed by atoms with van der Waals surface area (Å²) in [4.78, 5) is 4.52. The van der Waals surface area contributed by atoms with Gasteiger partial charge in [-0.15, -0.1) is 0 Å². The zero-order valence-electron chi connectivity index (χ0n) is 8.93. The van der Waals surface area contributed by atoms with Gasteiger partial charge in [-0.2, -0.15) is 9.61 Å². The Morgan fingerprint density at radius 3 is 3.25 bits per heavy atom. The first-order chi connectivity index (χ1) is 7.84. The zero-order valence-corrected chi connectivity index (χ0v) is 8.93. The molecule has 2 N–H and O–H groups in total. The second-order valence-corrected chi connectivity index (χ2v) is 4.18. The number of rotatable bonds is 1. The van der Waals surface area contributed by atoms with Crippen LogP contribution in [0.2, 0.25) is 0 Å². The molecule has 84 valence electrons. The van der Waals surface area contributed by atoms with Gasteiger partial charge >= 0.3 is 0 Å². The van der Waals surface area contributed by atoms with Gasteiger partial charge in [0.1, 0.15) is 0 Å². The van der Waals surface area contributed by atoms with E-state index in [2.05, 4.69) is 15.4 Å². The zero-order chi connectivity index (χ0) is 11.0. The largest absolute Gasteiger partial charge is 0.493 e. The van der Waals surface area contributed by atoms with E-state index < -0.39 is 0 Å². The molecule has 1 aliphatic heterocycles. The fourth-order valence-electron chi connectivity index (χ4n) is 2.23. The molecule has 0 amide bonds. The molecule has 0 spiro atoms. The fraction of sp³-hybridized carbons (Fsp3) is 0.455. The van der Waals surface area contributed by atoms with E-state index in [1.807, 2.05) is 0 Å². The van der Waals surface area contributed by atoms with Gasteiger partial charge in [0, 0.05) is 24.6 Å². The van der Waals surface area contributed by atoms with Crippen LogP contribution in [0.15, 0.2) is 18.3 Å². The average Bonchev–Trinajstić information content (AvgIpc) is 2.79.